The highest BCUT2D eigenvalue weighted by molar-refractivity contribution is 7.89. The van der Waals surface area contributed by atoms with Crippen molar-refractivity contribution < 1.29 is 31.5 Å². The van der Waals surface area contributed by atoms with Crippen LogP contribution in [-0.2, 0) is 21.3 Å². The van der Waals surface area contributed by atoms with E-state index in [-0.39, 0.29) is 17.0 Å². The highest BCUT2D eigenvalue weighted by Gasteiger charge is 2.19. The van der Waals surface area contributed by atoms with Crippen LogP contribution in [0.15, 0.2) is 77.7 Å². The minimum absolute atomic E-state index is 0.0611. The van der Waals surface area contributed by atoms with Gasteiger partial charge in [0.2, 0.25) is 15.8 Å². The van der Waals surface area contributed by atoms with Crippen LogP contribution in [-0.4, -0.2) is 26.8 Å². The summed E-state index contributed by atoms with van der Waals surface area (Å²) in [5.74, 6) is -3.67. The number of halogens is 2. The van der Waals surface area contributed by atoms with E-state index in [4.69, 9.17) is 4.74 Å². The molecule has 1 N–H and O–H groups in total. The van der Waals surface area contributed by atoms with Gasteiger partial charge in [0.05, 0.1) is 16.0 Å². The van der Waals surface area contributed by atoms with Crippen molar-refractivity contribution in [2.75, 3.05) is 6.61 Å². The van der Waals surface area contributed by atoms with Gasteiger partial charge in [0.15, 0.2) is 6.61 Å². The van der Waals surface area contributed by atoms with E-state index in [1.807, 2.05) is 0 Å². The number of esters is 1. The van der Waals surface area contributed by atoms with Crippen molar-refractivity contribution in [3.63, 3.8) is 0 Å². The molecule has 0 saturated carbocycles. The van der Waals surface area contributed by atoms with Gasteiger partial charge in [0, 0.05) is 6.54 Å². The van der Waals surface area contributed by atoms with Crippen molar-refractivity contribution in [3.8, 4) is 0 Å². The van der Waals surface area contributed by atoms with Crippen molar-refractivity contribution in [2.24, 2.45) is 0 Å². The normalized spacial score (nSPS) is 11.2. The van der Waals surface area contributed by atoms with E-state index >= 15 is 0 Å². The first-order valence-electron chi connectivity index (χ1n) is 9.05. The molecule has 0 radical (unpaired) electrons. The molecule has 0 amide bonds. The highest BCUT2D eigenvalue weighted by Crippen LogP contribution is 2.15. The fourth-order valence-corrected chi connectivity index (χ4v) is 3.71. The number of benzene rings is 3. The second-order valence-corrected chi connectivity index (χ2v) is 8.23. The maximum Gasteiger partial charge on any atom is 0.338 e. The first-order chi connectivity index (χ1) is 14.8. The zero-order valence-corrected chi connectivity index (χ0v) is 16.9. The smallest absolute Gasteiger partial charge is 0.338 e. The zero-order chi connectivity index (χ0) is 22.4. The Balaban J connectivity index is 1.66. The monoisotopic (exact) mass is 445 g/mol. The average molecular weight is 445 g/mol. The summed E-state index contributed by atoms with van der Waals surface area (Å²) in [7, 11) is -3.92. The number of Topliss-reactive ketones (excluding diaryl/α,β-unsaturated/α-hetero) is 1. The Bertz CT molecular complexity index is 1210. The third-order valence-corrected chi connectivity index (χ3v) is 5.65. The Morgan fingerprint density at radius 2 is 1.65 bits per heavy atom. The van der Waals surface area contributed by atoms with Crippen LogP contribution in [0.1, 0.15) is 26.3 Å². The van der Waals surface area contributed by atoms with Gasteiger partial charge >= 0.3 is 5.97 Å². The summed E-state index contributed by atoms with van der Waals surface area (Å²) in [6.07, 6.45) is 0. The SMILES string of the molecule is O=C(OCC(=O)c1cc(F)ccc1F)c1cccc(S(=O)(=O)NCc2ccccc2)c1. The molecule has 6 nitrogen and oxygen atoms in total. The molecule has 9 heteroatoms. The van der Waals surface area contributed by atoms with Crippen LogP contribution in [0.25, 0.3) is 0 Å². The molecule has 0 fully saturated rings. The number of carbonyl (C=O) groups is 2. The van der Waals surface area contributed by atoms with Crippen molar-refractivity contribution in [3.05, 3.63) is 101 Å². The number of nitrogens with one attached hydrogen (secondary N) is 1. The van der Waals surface area contributed by atoms with Gasteiger partial charge in [-0.05, 0) is 42.0 Å². The molecule has 0 spiro atoms. The Labute approximate surface area is 177 Å². The minimum Gasteiger partial charge on any atom is -0.454 e. The van der Waals surface area contributed by atoms with Crippen LogP contribution < -0.4 is 4.72 Å². The largest absolute Gasteiger partial charge is 0.454 e. The van der Waals surface area contributed by atoms with Gasteiger partial charge in [-0.15, -0.1) is 0 Å². The third kappa shape index (κ3) is 5.80. The lowest BCUT2D eigenvalue weighted by Crippen LogP contribution is -2.23. The van der Waals surface area contributed by atoms with E-state index in [9.17, 15) is 26.8 Å². The molecule has 3 aromatic rings. The van der Waals surface area contributed by atoms with Crippen LogP contribution in [0.5, 0.6) is 0 Å². The van der Waals surface area contributed by atoms with Crippen molar-refractivity contribution in [2.45, 2.75) is 11.4 Å². The fraction of sp³-hybridized carbons (Fsp3) is 0.0909. The lowest BCUT2D eigenvalue weighted by Gasteiger charge is -2.09. The summed E-state index contributed by atoms with van der Waals surface area (Å²) >= 11 is 0. The number of rotatable bonds is 8. The molecule has 0 saturated heterocycles. The predicted octanol–water partition coefficient (Wildman–Crippen LogP) is 3.48. The van der Waals surface area contributed by atoms with E-state index in [0.29, 0.717) is 6.07 Å². The molecule has 0 bridgehead atoms. The Morgan fingerprint density at radius 1 is 0.903 bits per heavy atom. The molecule has 160 valence electrons. The summed E-state index contributed by atoms with van der Waals surface area (Å²) in [6, 6.07) is 16.3. The van der Waals surface area contributed by atoms with Crippen LogP contribution in [0.2, 0.25) is 0 Å². The first-order valence-corrected chi connectivity index (χ1v) is 10.5. The lowest BCUT2D eigenvalue weighted by atomic mass is 10.1. The highest BCUT2D eigenvalue weighted by atomic mass is 32.2. The Kier molecular flexibility index (Phi) is 6.88. The van der Waals surface area contributed by atoms with Crippen LogP contribution in [0, 0.1) is 11.6 Å². The maximum atomic E-state index is 13.6. The molecular formula is C22H17F2NO5S. The minimum atomic E-state index is -3.92. The van der Waals surface area contributed by atoms with Crippen LogP contribution >= 0.6 is 0 Å². The van der Waals surface area contributed by atoms with Gasteiger partial charge in [0.1, 0.15) is 11.6 Å². The molecule has 3 rings (SSSR count). The molecular weight excluding hydrogens is 428 g/mol. The van der Waals surface area contributed by atoms with Gasteiger partial charge in [-0.3, -0.25) is 4.79 Å². The number of carbonyl (C=O) groups excluding carboxylic acids is 2. The molecule has 0 heterocycles. The summed E-state index contributed by atoms with van der Waals surface area (Å²) < 4.78 is 59.1. The Hall–Kier alpha value is -3.43. The average Bonchev–Trinajstić information content (AvgIpc) is 2.78. The predicted molar refractivity (Wildman–Crippen MR) is 108 cm³/mol. The molecule has 0 aromatic heterocycles. The summed E-state index contributed by atoms with van der Waals surface area (Å²) in [6.45, 7) is -0.770. The van der Waals surface area contributed by atoms with Crippen molar-refractivity contribution >= 4 is 21.8 Å². The zero-order valence-electron chi connectivity index (χ0n) is 16.0. The van der Waals surface area contributed by atoms with Gasteiger partial charge < -0.3 is 4.74 Å². The molecule has 0 atom stereocenters. The maximum absolute atomic E-state index is 13.6. The Morgan fingerprint density at radius 3 is 2.39 bits per heavy atom. The summed E-state index contributed by atoms with van der Waals surface area (Å²) in [5.41, 5.74) is 0.0917. The van der Waals surface area contributed by atoms with Gasteiger partial charge in [0.25, 0.3) is 0 Å². The second kappa shape index (κ2) is 9.59. The van der Waals surface area contributed by atoms with Gasteiger partial charge in [-0.1, -0.05) is 36.4 Å². The molecule has 31 heavy (non-hydrogen) atoms. The van der Waals surface area contributed by atoms with E-state index in [2.05, 4.69) is 4.72 Å². The number of hydrogen-bond acceptors (Lipinski definition) is 5. The first kappa shape index (κ1) is 22.3. The van der Waals surface area contributed by atoms with Gasteiger partial charge in [-0.2, -0.15) is 0 Å². The van der Waals surface area contributed by atoms with E-state index in [1.165, 1.54) is 18.2 Å². The quantitative estimate of drug-likeness (QED) is 0.424. The summed E-state index contributed by atoms with van der Waals surface area (Å²) in [5, 5.41) is 0. The molecule has 0 aliphatic heterocycles. The third-order valence-electron chi connectivity index (χ3n) is 4.25. The van der Waals surface area contributed by atoms with E-state index < -0.39 is 45.6 Å². The van der Waals surface area contributed by atoms with Crippen molar-refractivity contribution in [1.29, 1.82) is 0 Å². The standard InChI is InChI=1S/C22H17F2NO5S/c23-17-9-10-20(24)19(12-17)21(26)14-30-22(27)16-7-4-8-18(11-16)31(28,29)25-13-15-5-2-1-3-6-15/h1-12,25H,13-14H2. The molecule has 0 aliphatic rings. The number of ether oxygens (including phenoxy) is 1. The number of sulfonamides is 1. The molecule has 0 unspecified atom stereocenters. The second-order valence-electron chi connectivity index (χ2n) is 6.46. The molecule has 3 aromatic carbocycles. The number of hydrogen-bond donors (Lipinski definition) is 1. The lowest BCUT2D eigenvalue weighted by molar-refractivity contribution is 0.0473. The van der Waals surface area contributed by atoms with Crippen LogP contribution in [0.4, 0.5) is 8.78 Å². The fourth-order valence-electron chi connectivity index (χ4n) is 2.65. The van der Waals surface area contributed by atoms with Gasteiger partial charge in [-0.25, -0.2) is 26.7 Å². The van der Waals surface area contributed by atoms with E-state index in [1.54, 1.807) is 30.3 Å². The summed E-state index contributed by atoms with van der Waals surface area (Å²) in [4.78, 5) is 24.1. The van der Waals surface area contributed by atoms with Crippen molar-refractivity contribution in [1.82, 2.24) is 4.72 Å². The van der Waals surface area contributed by atoms with E-state index in [0.717, 1.165) is 23.8 Å². The number of ketones is 1. The topological polar surface area (TPSA) is 89.5 Å². The van der Waals surface area contributed by atoms with Crippen LogP contribution in [0.3, 0.4) is 0 Å². The molecule has 0 aliphatic carbocycles.